The summed E-state index contributed by atoms with van der Waals surface area (Å²) in [5, 5.41) is 0. The molecule has 0 aliphatic heterocycles. The molecule has 0 spiro atoms. The number of hydrogen-bond donors (Lipinski definition) is 0. The van der Waals surface area contributed by atoms with Crippen LogP contribution in [-0.2, 0) is 11.2 Å². The second-order valence-electron chi connectivity index (χ2n) is 6.84. The first-order valence-electron chi connectivity index (χ1n) is 8.47. The fourth-order valence-corrected chi connectivity index (χ4v) is 3.13. The van der Waals surface area contributed by atoms with E-state index in [0.29, 0.717) is 37.7 Å². The van der Waals surface area contributed by atoms with Gasteiger partial charge in [0.1, 0.15) is 11.6 Å². The molecule has 0 N–H and O–H groups in total. The molecule has 1 atom stereocenters. The van der Waals surface area contributed by atoms with Crippen LogP contribution in [0.3, 0.4) is 0 Å². The largest absolute Gasteiger partial charge is 0.432 e. The molecule has 1 aromatic carbocycles. The molecule has 26 heavy (non-hydrogen) atoms. The Bertz CT molecular complexity index is 594. The third-order valence-electron chi connectivity index (χ3n) is 4.82. The molecule has 1 fully saturated rings. The molecule has 2 rings (SSSR count). The lowest BCUT2D eigenvalue weighted by molar-refractivity contribution is -0.223. The Balaban J connectivity index is 2.06. The van der Waals surface area contributed by atoms with Crippen LogP contribution >= 0.6 is 0 Å². The molecule has 0 heterocycles. The highest BCUT2D eigenvalue weighted by Crippen LogP contribution is 2.40. The number of methoxy groups -OCH3 is 1. The van der Waals surface area contributed by atoms with Crippen LogP contribution in [0, 0.1) is 17.7 Å². The Morgan fingerprint density at radius 3 is 2.19 bits per heavy atom. The minimum atomic E-state index is -4.65. The van der Waals surface area contributed by atoms with E-state index in [0.717, 1.165) is 19.2 Å². The summed E-state index contributed by atoms with van der Waals surface area (Å²) >= 11 is 0. The van der Waals surface area contributed by atoms with Crippen molar-refractivity contribution in [1.82, 2.24) is 0 Å². The summed E-state index contributed by atoms with van der Waals surface area (Å²) in [7, 11) is 0.874. The van der Waals surface area contributed by atoms with E-state index in [1.807, 2.05) is 6.92 Å². The maximum atomic E-state index is 14.3. The van der Waals surface area contributed by atoms with Crippen molar-refractivity contribution in [3.05, 3.63) is 29.6 Å². The number of rotatable bonds is 6. The lowest BCUT2D eigenvalue weighted by Crippen LogP contribution is -2.37. The van der Waals surface area contributed by atoms with Gasteiger partial charge in [0.05, 0.1) is 5.92 Å². The molecule has 0 saturated heterocycles. The molecular formula is C18H22F6O2. The minimum Gasteiger partial charge on any atom is -0.432 e. The minimum absolute atomic E-state index is 0.281. The van der Waals surface area contributed by atoms with Gasteiger partial charge in [-0.05, 0) is 30.4 Å². The van der Waals surface area contributed by atoms with Crippen LogP contribution in [0.4, 0.5) is 26.3 Å². The average Bonchev–Trinajstić information content (AvgIpc) is 2.53. The second-order valence-corrected chi connectivity index (χ2v) is 6.84. The zero-order valence-electron chi connectivity index (χ0n) is 14.6. The fourth-order valence-electron chi connectivity index (χ4n) is 3.13. The first-order chi connectivity index (χ1) is 12.0. The van der Waals surface area contributed by atoms with Gasteiger partial charge < -0.3 is 9.47 Å². The van der Waals surface area contributed by atoms with E-state index in [4.69, 9.17) is 0 Å². The SMILES string of the molecule is COC(Cc1ccc(OC(F)(F)C2CCC(C)CC2)cc1F)C(F)(F)F. The average molecular weight is 384 g/mol. The predicted molar refractivity (Wildman–Crippen MR) is 83.7 cm³/mol. The number of hydrogen-bond acceptors (Lipinski definition) is 2. The summed E-state index contributed by atoms with van der Waals surface area (Å²) < 4.78 is 89.7. The molecule has 0 radical (unpaired) electrons. The van der Waals surface area contributed by atoms with E-state index in [-0.39, 0.29) is 5.56 Å². The van der Waals surface area contributed by atoms with Crippen LogP contribution in [0.25, 0.3) is 0 Å². The Morgan fingerprint density at radius 1 is 1.08 bits per heavy atom. The maximum absolute atomic E-state index is 14.3. The molecule has 0 amide bonds. The predicted octanol–water partition coefficient (Wildman–Crippen LogP) is 5.74. The third-order valence-corrected chi connectivity index (χ3v) is 4.82. The normalized spacial score (nSPS) is 22.9. The number of alkyl halides is 5. The van der Waals surface area contributed by atoms with Gasteiger partial charge in [0.2, 0.25) is 0 Å². The summed E-state index contributed by atoms with van der Waals surface area (Å²) in [6.45, 7) is 2.00. The van der Waals surface area contributed by atoms with E-state index in [2.05, 4.69) is 9.47 Å². The van der Waals surface area contributed by atoms with Gasteiger partial charge in [-0.15, -0.1) is 0 Å². The quantitative estimate of drug-likeness (QED) is 0.582. The van der Waals surface area contributed by atoms with E-state index < -0.39 is 42.3 Å². The molecule has 1 aromatic rings. The van der Waals surface area contributed by atoms with Crippen molar-refractivity contribution < 1.29 is 35.8 Å². The Labute approximate surface area is 148 Å². The summed E-state index contributed by atoms with van der Waals surface area (Å²) in [5.41, 5.74) is -0.281. The van der Waals surface area contributed by atoms with Crippen molar-refractivity contribution in [3.8, 4) is 5.75 Å². The van der Waals surface area contributed by atoms with E-state index in [1.165, 1.54) is 0 Å². The van der Waals surface area contributed by atoms with Crippen LogP contribution < -0.4 is 4.74 Å². The number of ether oxygens (including phenoxy) is 2. The van der Waals surface area contributed by atoms with Gasteiger partial charge in [0.15, 0.2) is 6.10 Å². The van der Waals surface area contributed by atoms with Crippen molar-refractivity contribution in [1.29, 1.82) is 0 Å². The van der Waals surface area contributed by atoms with Crippen molar-refractivity contribution in [3.63, 3.8) is 0 Å². The van der Waals surface area contributed by atoms with E-state index >= 15 is 0 Å². The first-order valence-corrected chi connectivity index (χ1v) is 8.47. The van der Waals surface area contributed by atoms with Gasteiger partial charge in [-0.2, -0.15) is 22.0 Å². The lowest BCUT2D eigenvalue weighted by atomic mass is 9.82. The summed E-state index contributed by atoms with van der Waals surface area (Å²) in [6.07, 6.45) is -9.04. The molecule has 0 aromatic heterocycles. The maximum Gasteiger partial charge on any atom is 0.414 e. The molecule has 8 heteroatoms. The molecule has 0 bridgehead atoms. The monoisotopic (exact) mass is 384 g/mol. The van der Waals surface area contributed by atoms with Crippen LogP contribution in [0.15, 0.2) is 18.2 Å². The molecular weight excluding hydrogens is 362 g/mol. The van der Waals surface area contributed by atoms with Gasteiger partial charge in [-0.1, -0.05) is 25.8 Å². The van der Waals surface area contributed by atoms with Crippen LogP contribution in [-0.4, -0.2) is 25.5 Å². The van der Waals surface area contributed by atoms with Gasteiger partial charge in [0.25, 0.3) is 0 Å². The number of halogens is 6. The van der Waals surface area contributed by atoms with Crippen LogP contribution in [0.5, 0.6) is 5.75 Å². The summed E-state index contributed by atoms with van der Waals surface area (Å²) in [6, 6.07) is 2.76. The smallest absolute Gasteiger partial charge is 0.414 e. The molecule has 1 unspecified atom stereocenters. The molecule has 2 nitrogen and oxygen atoms in total. The second kappa shape index (κ2) is 8.06. The van der Waals surface area contributed by atoms with Crippen molar-refractivity contribution in [2.24, 2.45) is 11.8 Å². The third kappa shape index (κ3) is 5.28. The number of benzene rings is 1. The van der Waals surface area contributed by atoms with Crippen molar-refractivity contribution >= 4 is 0 Å². The molecule has 1 aliphatic carbocycles. The van der Waals surface area contributed by atoms with Crippen molar-refractivity contribution in [2.45, 2.75) is 57.4 Å². The summed E-state index contributed by atoms with van der Waals surface area (Å²) in [5.74, 6) is -2.01. The standard InChI is InChI=1S/C18H22F6O2/c1-11-3-6-13(7-4-11)18(23,24)26-14-8-5-12(15(19)10-14)9-16(25-2)17(20,21)22/h5,8,10-11,13,16H,3-4,6-7,9H2,1-2H3. The van der Waals surface area contributed by atoms with Gasteiger partial charge in [0, 0.05) is 19.6 Å². The van der Waals surface area contributed by atoms with Crippen LogP contribution in [0.1, 0.15) is 38.2 Å². The van der Waals surface area contributed by atoms with E-state index in [1.54, 1.807) is 0 Å². The topological polar surface area (TPSA) is 18.5 Å². The zero-order chi connectivity index (χ0) is 19.5. The molecule has 1 aliphatic rings. The van der Waals surface area contributed by atoms with Crippen molar-refractivity contribution in [2.75, 3.05) is 7.11 Å². The lowest BCUT2D eigenvalue weighted by Gasteiger charge is -2.32. The fraction of sp³-hybridized carbons (Fsp3) is 0.667. The molecule has 1 saturated carbocycles. The first kappa shape index (κ1) is 20.9. The van der Waals surface area contributed by atoms with Gasteiger partial charge in [-0.3, -0.25) is 0 Å². The highest BCUT2D eigenvalue weighted by atomic mass is 19.4. The summed E-state index contributed by atoms with van der Waals surface area (Å²) in [4.78, 5) is 0. The van der Waals surface area contributed by atoms with Crippen LogP contribution in [0.2, 0.25) is 0 Å². The highest BCUT2D eigenvalue weighted by molar-refractivity contribution is 5.30. The molecule has 148 valence electrons. The zero-order valence-corrected chi connectivity index (χ0v) is 14.6. The van der Waals surface area contributed by atoms with E-state index in [9.17, 15) is 26.3 Å². The Kier molecular flexibility index (Phi) is 6.47. The highest BCUT2D eigenvalue weighted by Gasteiger charge is 2.44. The van der Waals surface area contributed by atoms with Gasteiger partial charge >= 0.3 is 12.3 Å². The Hall–Kier alpha value is -1.44. The Morgan fingerprint density at radius 2 is 1.69 bits per heavy atom. The van der Waals surface area contributed by atoms with Gasteiger partial charge in [-0.25, -0.2) is 4.39 Å².